The lowest BCUT2D eigenvalue weighted by Gasteiger charge is -2.18. The maximum absolute atomic E-state index is 9.47. The van der Waals surface area contributed by atoms with Crippen molar-refractivity contribution in [3.8, 4) is 55.6 Å². The smallest absolute Gasteiger partial charge is 0.143 e. The van der Waals surface area contributed by atoms with Gasteiger partial charge in [-0.1, -0.05) is 266 Å². The molecule has 0 fully saturated rings. The average molecular weight is 1070 g/mol. The van der Waals surface area contributed by atoms with E-state index in [-0.39, 0.29) is 5.39 Å². The largest absolute Gasteiger partial charge is 0.455 e. The zero-order valence-electron chi connectivity index (χ0n) is 87.8. The van der Waals surface area contributed by atoms with Gasteiger partial charge in [-0.25, -0.2) is 0 Å². The predicted octanol–water partition coefficient (Wildman–Crippen LogP) is 22.4. The number of hydrogen-bond donors (Lipinski definition) is 0. The van der Waals surface area contributed by atoms with Gasteiger partial charge in [0.25, 0.3) is 0 Å². The van der Waals surface area contributed by atoms with Gasteiger partial charge in [-0.3, -0.25) is 0 Å². The molecule has 2 heterocycles. The van der Waals surface area contributed by atoms with Crippen LogP contribution in [0.15, 0.2) is 299 Å². The molecule has 0 N–H and O–H groups in total. The number of fused-ring (bicyclic) bond motifs is 12. The molecular formula is C78H48O2. The van der Waals surface area contributed by atoms with Gasteiger partial charge in [-0.2, -0.15) is 0 Å². The van der Waals surface area contributed by atoms with Crippen molar-refractivity contribution in [3.05, 3.63) is 290 Å². The van der Waals surface area contributed by atoms with Crippen molar-refractivity contribution in [3.63, 3.8) is 0 Å². The Morgan fingerprint density at radius 2 is 0.500 bits per heavy atom. The van der Waals surface area contributed by atoms with Crippen molar-refractivity contribution < 1.29 is 74.6 Å². The van der Waals surface area contributed by atoms with E-state index in [0.29, 0.717) is 0 Å². The fraction of sp³-hybridized carbons (Fsp3) is 0. The molecule has 0 spiro atoms. The number of benzene rings is 15. The molecule has 80 heavy (non-hydrogen) atoms. The summed E-state index contributed by atoms with van der Waals surface area (Å²) in [6, 6.07) is -41.6. The molecule has 2 nitrogen and oxygen atoms in total. The Labute approximate surface area is 529 Å². The van der Waals surface area contributed by atoms with Gasteiger partial charge >= 0.3 is 0 Å². The summed E-state index contributed by atoms with van der Waals surface area (Å²) in [5.74, 6) is 0. The second-order valence-electron chi connectivity index (χ2n) is 17.3. The molecule has 0 aliphatic carbocycles. The Morgan fingerprint density at radius 3 is 0.938 bits per heavy atom. The maximum atomic E-state index is 9.47. The van der Waals surface area contributed by atoms with E-state index in [1.807, 2.05) is 0 Å². The summed E-state index contributed by atoms with van der Waals surface area (Å²) >= 11 is 0. The summed E-state index contributed by atoms with van der Waals surface area (Å²) in [7, 11) is 0. The summed E-state index contributed by atoms with van der Waals surface area (Å²) in [4.78, 5) is 0. The zero-order chi connectivity index (χ0) is 94.4. The molecule has 0 atom stereocenters. The number of furan rings is 2. The molecule has 0 amide bonds. The highest BCUT2D eigenvalue weighted by Gasteiger charge is 2.22. The standard InChI is InChI=1S/C42H26O.C36H22O/c1-2-11-30-26-31(25-22-27(30)10-1)28-20-23-29(24-21-28)40-33-13-3-5-15-35(33)41(36-16-6-4-14-34(36)40)38-18-9-17-37-32-12-7-8-19-39(32)43-42(37)38;1-2-11-24-22-25(21-20-23(24)10-1)34-27-13-3-5-15-29(27)35(30-16-6-4-14-28(30)34)32-18-9-17-31-26-12-7-8-19-33(26)37-36(31)32/h1-26H;1-22H/i1D,2D,3D,4D,5D,6D,7D,8D,9D,10D,11D,12D,13D,14D,15D,16D,17D,18D,19D,20D,21D,22D,23D,24D,25D,26D;1D,2D,3D,4D,5D,6D,7D,8D,9D,10D,11D,12D,13D,14D,15D,16D,17D,18D,19D,20D,21D,22D. The molecule has 0 aliphatic rings. The normalized spacial score (nSPS) is 20.1. The van der Waals surface area contributed by atoms with Crippen LogP contribution in [0.25, 0.3) is 164 Å². The third-order valence-electron chi connectivity index (χ3n) is 13.0. The molecule has 2 heteroatoms. The first kappa shape index (κ1) is 18.6. The van der Waals surface area contributed by atoms with Crippen LogP contribution in [0.1, 0.15) is 65.8 Å². The van der Waals surface area contributed by atoms with Gasteiger partial charge in [-0.05, 0) is 122 Å². The van der Waals surface area contributed by atoms with Gasteiger partial charge in [0, 0.05) is 43.8 Å². The second kappa shape index (κ2) is 18.6. The Kier molecular flexibility index (Phi) is 4.31. The van der Waals surface area contributed by atoms with Crippen LogP contribution in [0.2, 0.25) is 0 Å². The van der Waals surface area contributed by atoms with Crippen LogP contribution >= 0.6 is 0 Å². The van der Waals surface area contributed by atoms with Crippen LogP contribution in [-0.4, -0.2) is 0 Å². The van der Waals surface area contributed by atoms with E-state index in [1.165, 1.54) is 0 Å². The number of rotatable bonds is 5. The van der Waals surface area contributed by atoms with Crippen molar-refractivity contribution in [1.82, 2.24) is 0 Å². The first-order valence-corrected chi connectivity index (χ1v) is 23.6. The first-order chi connectivity index (χ1) is 59.7. The fourth-order valence-electron chi connectivity index (χ4n) is 9.63. The lowest BCUT2D eigenvalue weighted by molar-refractivity contribution is 0.669. The highest BCUT2D eigenvalue weighted by Crippen LogP contribution is 2.49. The lowest BCUT2D eigenvalue weighted by Crippen LogP contribution is -1.91. The zero-order valence-corrected chi connectivity index (χ0v) is 39.8. The van der Waals surface area contributed by atoms with Crippen molar-refractivity contribution in [2.75, 3.05) is 0 Å². The molecule has 0 saturated carbocycles. The van der Waals surface area contributed by atoms with Crippen LogP contribution in [0.4, 0.5) is 0 Å². The monoisotopic (exact) mass is 1060 g/mol. The van der Waals surface area contributed by atoms with Crippen LogP contribution in [-0.2, 0) is 0 Å². The summed E-state index contributed by atoms with van der Waals surface area (Å²) in [5.41, 5.74) is -9.17. The topological polar surface area (TPSA) is 26.3 Å². The lowest BCUT2D eigenvalue weighted by atomic mass is 9.85. The molecule has 0 unspecified atom stereocenters. The van der Waals surface area contributed by atoms with E-state index in [1.54, 1.807) is 0 Å². The van der Waals surface area contributed by atoms with Crippen molar-refractivity contribution in [2.24, 2.45) is 0 Å². The Morgan fingerprint density at radius 1 is 0.200 bits per heavy atom. The summed E-state index contributed by atoms with van der Waals surface area (Å²) in [5, 5.41) is -9.14. The molecule has 17 rings (SSSR count). The highest BCUT2D eigenvalue weighted by molar-refractivity contribution is 6.26. The summed E-state index contributed by atoms with van der Waals surface area (Å²) in [6.45, 7) is 0. The minimum Gasteiger partial charge on any atom is -0.455 e. The van der Waals surface area contributed by atoms with E-state index in [4.69, 9.17) is 52.7 Å². The first-order valence-electron chi connectivity index (χ1n) is 47.6. The molecule has 0 saturated heterocycles. The minimum absolute atomic E-state index is 0.374. The van der Waals surface area contributed by atoms with Gasteiger partial charge in [0.05, 0.1) is 65.8 Å². The molecular weight excluding hydrogens is 969 g/mol. The molecule has 2 aromatic heterocycles. The van der Waals surface area contributed by atoms with Crippen molar-refractivity contribution >= 4 is 109 Å². The van der Waals surface area contributed by atoms with E-state index in [9.17, 15) is 21.9 Å². The van der Waals surface area contributed by atoms with Gasteiger partial charge in [0.2, 0.25) is 0 Å². The molecule has 0 bridgehead atoms. The van der Waals surface area contributed by atoms with Crippen LogP contribution in [0.3, 0.4) is 0 Å². The van der Waals surface area contributed by atoms with E-state index in [2.05, 4.69) is 0 Å². The third kappa shape index (κ3) is 7.34. The van der Waals surface area contributed by atoms with Crippen LogP contribution in [0, 0.1) is 0 Å². The average Bonchev–Trinajstić information content (AvgIpc) is 1.01. The maximum Gasteiger partial charge on any atom is 0.143 e. The van der Waals surface area contributed by atoms with Crippen LogP contribution < -0.4 is 0 Å². The molecule has 0 radical (unpaired) electrons. The summed E-state index contributed by atoms with van der Waals surface area (Å²) < 4.78 is 437. The third-order valence-corrected chi connectivity index (χ3v) is 13.0. The Balaban J connectivity index is 0.000000190. The molecule has 0 aliphatic heterocycles. The van der Waals surface area contributed by atoms with Crippen molar-refractivity contribution in [1.29, 1.82) is 0 Å². The Bertz CT molecular complexity index is 8080. The predicted molar refractivity (Wildman–Crippen MR) is 340 cm³/mol. The highest BCUT2D eigenvalue weighted by atomic mass is 16.3. The fourth-order valence-corrected chi connectivity index (χ4v) is 9.63. The van der Waals surface area contributed by atoms with E-state index in [0.717, 1.165) is 0 Å². The van der Waals surface area contributed by atoms with Gasteiger partial charge in [0.1, 0.15) is 22.3 Å². The molecule has 17 aromatic rings. The van der Waals surface area contributed by atoms with Crippen molar-refractivity contribution in [2.45, 2.75) is 0 Å². The van der Waals surface area contributed by atoms with E-state index < -0.39 is 449 Å². The quantitative estimate of drug-likeness (QED) is 0.161. The number of hydrogen-bond acceptors (Lipinski definition) is 2. The molecule has 372 valence electrons. The van der Waals surface area contributed by atoms with Gasteiger partial charge < -0.3 is 8.83 Å². The second-order valence-corrected chi connectivity index (χ2v) is 17.3. The minimum atomic E-state index is -1.07. The number of para-hydroxylation sites is 4. The molecule has 15 aromatic carbocycles. The van der Waals surface area contributed by atoms with E-state index >= 15 is 0 Å². The van der Waals surface area contributed by atoms with Crippen LogP contribution in [0.5, 0.6) is 0 Å². The SMILES string of the molecule is [2H]c1c([2H])c(-c2c3c([2H])c([2H])c([2H])c([2H])c3c(-c3c([2H])c([2H])c([2H])c4c3oc3c([2H])c([2H])c([2H])c([2H])c34)c3c([2H])c([2H])c([2H])c([2H])c23)c([2H])c([2H])c1-c1c([2H])c([2H])c2c([2H])c([2H])c([2H])c([2H])c2c1[2H].[2H]c1c([2H])c([2H])c2c(oc3c(-c4c5c([2H])c([2H])c([2H])c([2H])c5c(-c5c([2H])c([2H])c6c([2H])c([2H])c([2H])c([2H])c6c5[2H])c5c([2H])c([2H])c([2H])c([2H])c45)c([2H])c([2H])c([2H])c32)c1[2H]. The summed E-state index contributed by atoms with van der Waals surface area (Å²) in [6.07, 6.45) is 0. The van der Waals surface area contributed by atoms with Gasteiger partial charge in [0.15, 0.2) is 0 Å². The van der Waals surface area contributed by atoms with Gasteiger partial charge in [-0.15, -0.1) is 0 Å². The Hall–Kier alpha value is -10.5.